The zero-order valence-corrected chi connectivity index (χ0v) is 52.4. The molecule has 5 aliphatic rings. The molecule has 8 aromatic rings. The minimum Gasteiger partial charge on any atom is -0.341 e. The maximum atomic E-state index is 16.0. The van der Waals surface area contributed by atoms with Crippen LogP contribution in [-0.2, 0) is 0 Å². The molecule has 0 saturated carbocycles. The van der Waals surface area contributed by atoms with Crippen LogP contribution in [0.15, 0.2) is 202 Å². The van der Waals surface area contributed by atoms with Gasteiger partial charge < -0.3 is 4.90 Å². The van der Waals surface area contributed by atoms with Crippen molar-refractivity contribution in [2.24, 2.45) is 0 Å². The van der Waals surface area contributed by atoms with Crippen molar-refractivity contribution >= 4 is 219 Å². The van der Waals surface area contributed by atoms with E-state index in [1.807, 2.05) is 10.3 Å². The van der Waals surface area contributed by atoms with Gasteiger partial charge in [0.1, 0.15) is 8.16 Å². The van der Waals surface area contributed by atoms with Crippen LogP contribution in [0.4, 0.5) is 0 Å². The fourth-order valence-electron chi connectivity index (χ4n) is 9.15. The fourth-order valence-corrected chi connectivity index (χ4v) is 26.3. The van der Waals surface area contributed by atoms with Crippen molar-refractivity contribution in [1.82, 2.24) is 4.90 Å². The van der Waals surface area contributed by atoms with E-state index >= 15 is 38.4 Å². The lowest BCUT2D eigenvalue weighted by Gasteiger charge is -2.50. The molecule has 13 heterocycles. The molecule has 2 spiro atoms. The molecule has 0 atom stereocenters. The highest BCUT2D eigenvalue weighted by molar-refractivity contribution is 8.28. The van der Waals surface area contributed by atoms with E-state index in [-0.39, 0.29) is 47.1 Å². The van der Waals surface area contributed by atoms with E-state index < -0.39 is 54.4 Å². The first-order chi connectivity index (χ1) is 39.0. The monoisotopic (exact) mass is 1320 g/mol. The van der Waals surface area contributed by atoms with Crippen molar-refractivity contribution in [1.29, 1.82) is 0 Å². The third-order valence-corrected chi connectivity index (χ3v) is 29.3. The number of allylic oxidation sites excluding steroid dienone is 6. The zero-order valence-electron chi connectivity index (χ0n) is 40.2. The predicted octanol–water partition coefficient (Wildman–Crippen LogP) is 17.4. The van der Waals surface area contributed by atoms with Crippen molar-refractivity contribution in [2.75, 3.05) is 12.3 Å². The molecule has 396 valence electrons. The summed E-state index contributed by atoms with van der Waals surface area (Å²) in [7, 11) is 0. The highest BCUT2D eigenvalue weighted by atomic mass is 32.2. The molecule has 8 aromatic heterocycles. The molecule has 0 saturated heterocycles. The molecule has 0 bridgehead atoms. The summed E-state index contributed by atoms with van der Waals surface area (Å²) in [6.45, 7) is 0.205. The van der Waals surface area contributed by atoms with Crippen molar-refractivity contribution in [3.05, 3.63) is 241 Å². The molecule has 24 heteroatoms. The maximum absolute atomic E-state index is 16.0. The maximum Gasteiger partial charge on any atom is 0.210 e. The van der Waals surface area contributed by atoms with Crippen LogP contribution < -0.4 is 0 Å². The highest BCUT2D eigenvalue weighted by Crippen LogP contribution is 2.73. The van der Waals surface area contributed by atoms with Gasteiger partial charge in [-0.1, -0.05) is 119 Å². The molecular formula is C56H29NO8S15. The van der Waals surface area contributed by atoms with Crippen LogP contribution in [0.3, 0.4) is 0 Å². The van der Waals surface area contributed by atoms with Crippen molar-refractivity contribution in [2.45, 2.75) is 8.16 Å². The smallest absolute Gasteiger partial charge is 0.210 e. The normalized spacial score (nSPS) is 17.7. The largest absolute Gasteiger partial charge is 0.341 e. The Morgan fingerprint density at radius 3 is 1.00 bits per heavy atom. The first-order valence-electron chi connectivity index (χ1n) is 23.6. The van der Waals surface area contributed by atoms with Crippen LogP contribution in [0, 0.1) is 0 Å². The van der Waals surface area contributed by atoms with E-state index in [0.717, 1.165) is 70.6 Å². The molecule has 0 radical (unpaired) electrons. The summed E-state index contributed by atoms with van der Waals surface area (Å²) in [6.07, 6.45) is 0. The molecule has 80 heavy (non-hydrogen) atoms. The minimum absolute atomic E-state index is 0.0603. The second-order valence-corrected chi connectivity index (χ2v) is 33.4. The summed E-state index contributed by atoms with van der Waals surface area (Å²) >= 11 is 17.7. The Kier molecular flexibility index (Phi) is 15.5. The van der Waals surface area contributed by atoms with Gasteiger partial charge in [0.2, 0.25) is 46.3 Å². The van der Waals surface area contributed by atoms with E-state index in [0.29, 0.717) is 60.4 Å². The van der Waals surface area contributed by atoms with Gasteiger partial charge in [0.05, 0.1) is 95.2 Å². The van der Waals surface area contributed by atoms with Crippen LogP contribution >= 0.6 is 173 Å². The number of ketones is 8. The number of carbonyl (C=O) groups is 8. The van der Waals surface area contributed by atoms with Crippen LogP contribution in [0.25, 0.3) is 0 Å². The lowest BCUT2D eigenvalue weighted by molar-refractivity contribution is 0.100. The van der Waals surface area contributed by atoms with Crippen LogP contribution in [0.2, 0.25) is 0 Å². The molecule has 0 N–H and O–H groups in total. The number of hydrogen-bond acceptors (Lipinski definition) is 24. The second kappa shape index (κ2) is 22.7. The van der Waals surface area contributed by atoms with Crippen LogP contribution in [0.1, 0.15) is 77.4 Å². The summed E-state index contributed by atoms with van der Waals surface area (Å²) in [4.78, 5) is 129. The van der Waals surface area contributed by atoms with Gasteiger partial charge in [-0.25, -0.2) is 0 Å². The number of rotatable bonds is 17. The van der Waals surface area contributed by atoms with E-state index in [4.69, 9.17) is 0 Å². The number of thiophene rings is 8. The van der Waals surface area contributed by atoms with E-state index in [9.17, 15) is 0 Å². The standard InChI is InChI=1S/C56H29NO8S15/c58-39(28-9-1-18-66-28)37-47(41(60)30-11-3-20-68-30)75-27-36(55(37)77-49(43(62)32-13-5-22-70-32)50(78-55)44(63)33-14-6-23-71-33)57-17-26-74-54-53(57)56(38(40(59)29-10-2-19-67-29)48(76-54)42(61)31-12-4-21-69-31)79-51(45(64)34-15-7-24-72-34)52(80-56)46(65)35-16-8-25-73-35/h1-16,18-25,27H,17,26H2. The Morgan fingerprint density at radius 2 is 0.662 bits per heavy atom. The third-order valence-electron chi connectivity index (χ3n) is 12.6. The summed E-state index contributed by atoms with van der Waals surface area (Å²) in [6, 6.07) is 27.6. The van der Waals surface area contributed by atoms with Crippen LogP contribution in [0.5, 0.6) is 0 Å². The Balaban J connectivity index is 1.08. The summed E-state index contributed by atoms with van der Waals surface area (Å²) in [5.74, 6) is -3.06. The van der Waals surface area contributed by atoms with Crippen molar-refractivity contribution < 1.29 is 38.4 Å². The van der Waals surface area contributed by atoms with Crippen molar-refractivity contribution in [3.63, 3.8) is 0 Å². The molecule has 9 nitrogen and oxygen atoms in total. The lowest BCUT2D eigenvalue weighted by Crippen LogP contribution is -2.48. The zero-order chi connectivity index (χ0) is 54.9. The van der Waals surface area contributed by atoms with Gasteiger partial charge in [-0.2, -0.15) is 0 Å². The fraction of sp³-hybridized carbons (Fsp3) is 0.0714. The van der Waals surface area contributed by atoms with Gasteiger partial charge in [0.25, 0.3) is 0 Å². The minimum atomic E-state index is -1.77. The Morgan fingerprint density at radius 1 is 0.362 bits per heavy atom. The summed E-state index contributed by atoms with van der Waals surface area (Å²) in [5, 5.41) is 16.1. The topological polar surface area (TPSA) is 140 Å². The molecule has 0 fully saturated rings. The quantitative estimate of drug-likeness (QED) is 0.0798. The van der Waals surface area contributed by atoms with Crippen LogP contribution in [-0.4, -0.2) is 71.6 Å². The predicted molar refractivity (Wildman–Crippen MR) is 343 cm³/mol. The molecule has 13 rings (SSSR count). The lowest BCUT2D eigenvalue weighted by atomic mass is 9.97. The number of Topliss-reactive ketones (excluding diaryl/α,β-unsaturated/α-hetero) is 8. The Labute approximate surface area is 517 Å². The molecule has 0 aromatic carbocycles. The van der Waals surface area contributed by atoms with Crippen molar-refractivity contribution in [3.8, 4) is 0 Å². The van der Waals surface area contributed by atoms with Gasteiger partial charge in [-0.15, -0.1) is 102 Å². The van der Waals surface area contributed by atoms with E-state index in [1.165, 1.54) is 102 Å². The number of carbonyl (C=O) groups excluding carboxylic acids is 8. The van der Waals surface area contributed by atoms with Gasteiger partial charge in [-0.3, -0.25) is 38.4 Å². The Hall–Kier alpha value is -4.35. The summed E-state index contributed by atoms with van der Waals surface area (Å²) in [5.41, 5.74) is 1.01. The Bertz CT molecular complexity index is 3940. The molecule has 0 aliphatic carbocycles. The first-order valence-corrected chi connectivity index (χ1v) is 36.6. The first kappa shape index (κ1) is 54.9. The number of thioether (sulfide) groups is 7. The number of nitrogens with zero attached hydrogens (tertiary/aromatic N) is 1. The number of hydrogen-bond donors (Lipinski definition) is 0. The molecular weight excluding hydrogens is 1300 g/mol. The van der Waals surface area contributed by atoms with Gasteiger partial charge in [0, 0.05) is 12.3 Å². The molecule has 0 unspecified atom stereocenters. The molecule has 5 aliphatic heterocycles. The van der Waals surface area contributed by atoms with Gasteiger partial charge in [-0.05, 0) is 97.0 Å². The van der Waals surface area contributed by atoms with Gasteiger partial charge >= 0.3 is 0 Å². The third kappa shape index (κ3) is 9.47. The SMILES string of the molecule is O=C(C1=C(C(=O)c2cccs2)SC2(S1)C(N1CCSC3=C1C1(SC(C(=O)c4cccs4)=C(C(=O)c4cccs4)S1)C(C(=O)c1cccs1)=C(C(=O)c1cccs1)S3)=CSC(C(=O)c1cccs1)=C2C(=O)c1cccs1)c1cccs1. The van der Waals surface area contributed by atoms with E-state index in [1.54, 1.807) is 140 Å². The van der Waals surface area contributed by atoms with E-state index in [2.05, 4.69) is 0 Å². The average Bonchev–Trinajstić information content (AvgIpc) is 4.43. The summed E-state index contributed by atoms with van der Waals surface area (Å²) < 4.78 is -2.93. The average molecular weight is 1320 g/mol. The number of fused-ring (bicyclic) bond motifs is 1. The van der Waals surface area contributed by atoms with Gasteiger partial charge in [0.15, 0.2) is 0 Å². The molecule has 0 amide bonds. The second-order valence-electron chi connectivity index (χ2n) is 17.2. The highest BCUT2D eigenvalue weighted by Gasteiger charge is 2.63.